The molecule has 1 aliphatic rings. The van der Waals surface area contributed by atoms with E-state index in [4.69, 9.17) is 0 Å². The summed E-state index contributed by atoms with van der Waals surface area (Å²) in [6.07, 6.45) is 0. The molecule has 0 saturated carbocycles. The Balaban J connectivity index is 1.95. The van der Waals surface area contributed by atoms with Gasteiger partial charge >= 0.3 is 6.03 Å². The van der Waals surface area contributed by atoms with E-state index in [9.17, 15) is 14.9 Å². The van der Waals surface area contributed by atoms with Crippen molar-refractivity contribution in [3.8, 4) is 0 Å². The fraction of sp³-hybridized carbons (Fsp3) is 0.133. The third-order valence-electron chi connectivity index (χ3n) is 3.42. The molecule has 2 aromatic carbocycles. The number of hydrogen-bond acceptors (Lipinski definition) is 3. The second-order valence-corrected chi connectivity index (χ2v) is 4.80. The SMILES string of the molecule is O=C1NCc2cc([N+](=O)[O-])ccc2N1Cc1ccccc1. The van der Waals surface area contributed by atoms with Crippen molar-refractivity contribution in [1.29, 1.82) is 0 Å². The van der Waals surface area contributed by atoms with Crippen LogP contribution in [-0.2, 0) is 13.1 Å². The maximum atomic E-state index is 12.1. The number of fused-ring (bicyclic) bond motifs is 1. The molecule has 106 valence electrons. The molecule has 0 aliphatic carbocycles. The summed E-state index contributed by atoms with van der Waals surface area (Å²) in [7, 11) is 0. The number of nitrogens with one attached hydrogen (secondary N) is 1. The van der Waals surface area contributed by atoms with E-state index in [1.165, 1.54) is 12.1 Å². The van der Waals surface area contributed by atoms with Crippen LogP contribution in [0.1, 0.15) is 11.1 Å². The summed E-state index contributed by atoms with van der Waals surface area (Å²) in [5, 5.41) is 13.6. The number of nitro benzene ring substituents is 1. The second-order valence-electron chi connectivity index (χ2n) is 4.80. The highest BCUT2D eigenvalue weighted by molar-refractivity contribution is 5.94. The van der Waals surface area contributed by atoms with E-state index in [-0.39, 0.29) is 11.7 Å². The van der Waals surface area contributed by atoms with E-state index in [2.05, 4.69) is 5.32 Å². The number of rotatable bonds is 3. The van der Waals surface area contributed by atoms with Gasteiger partial charge in [-0.1, -0.05) is 30.3 Å². The molecule has 1 N–H and O–H groups in total. The fourth-order valence-electron chi connectivity index (χ4n) is 2.39. The van der Waals surface area contributed by atoms with Gasteiger partial charge in [0.2, 0.25) is 0 Å². The number of non-ortho nitro benzene ring substituents is 1. The molecular weight excluding hydrogens is 270 g/mol. The predicted octanol–water partition coefficient (Wildman–Crippen LogP) is 2.82. The van der Waals surface area contributed by atoms with Crippen molar-refractivity contribution in [2.75, 3.05) is 4.90 Å². The number of amides is 2. The largest absolute Gasteiger partial charge is 0.334 e. The minimum Gasteiger partial charge on any atom is -0.334 e. The van der Waals surface area contributed by atoms with Gasteiger partial charge in [-0.3, -0.25) is 15.0 Å². The topological polar surface area (TPSA) is 75.5 Å². The van der Waals surface area contributed by atoms with Crippen molar-refractivity contribution in [3.63, 3.8) is 0 Å². The Morgan fingerprint density at radius 1 is 1.19 bits per heavy atom. The van der Waals surface area contributed by atoms with Crippen molar-refractivity contribution < 1.29 is 9.72 Å². The lowest BCUT2D eigenvalue weighted by molar-refractivity contribution is -0.384. The summed E-state index contributed by atoms with van der Waals surface area (Å²) < 4.78 is 0. The van der Waals surface area contributed by atoms with Gasteiger partial charge in [0, 0.05) is 24.2 Å². The fourth-order valence-corrected chi connectivity index (χ4v) is 2.39. The van der Waals surface area contributed by atoms with Crippen LogP contribution in [0.2, 0.25) is 0 Å². The molecule has 3 rings (SSSR count). The highest BCUT2D eigenvalue weighted by atomic mass is 16.6. The van der Waals surface area contributed by atoms with E-state index in [0.29, 0.717) is 18.8 Å². The molecular formula is C15H13N3O3. The zero-order chi connectivity index (χ0) is 14.8. The minimum absolute atomic E-state index is 0.0320. The summed E-state index contributed by atoms with van der Waals surface area (Å²) >= 11 is 0. The molecule has 21 heavy (non-hydrogen) atoms. The second kappa shape index (κ2) is 5.24. The maximum absolute atomic E-state index is 12.1. The van der Waals surface area contributed by atoms with Gasteiger partial charge in [0.25, 0.3) is 5.69 Å². The number of nitrogens with zero attached hydrogens (tertiary/aromatic N) is 2. The molecule has 0 radical (unpaired) electrons. The molecule has 0 spiro atoms. The van der Waals surface area contributed by atoms with Gasteiger partial charge in [0.15, 0.2) is 0 Å². The third kappa shape index (κ3) is 2.55. The van der Waals surface area contributed by atoms with Crippen molar-refractivity contribution in [1.82, 2.24) is 5.32 Å². The Bertz CT molecular complexity index is 701. The van der Waals surface area contributed by atoms with E-state index < -0.39 is 4.92 Å². The Morgan fingerprint density at radius 3 is 2.67 bits per heavy atom. The number of carbonyl (C=O) groups excluding carboxylic acids is 1. The number of hydrogen-bond donors (Lipinski definition) is 1. The number of urea groups is 1. The normalized spacial score (nSPS) is 13.5. The number of carbonyl (C=O) groups is 1. The van der Waals surface area contributed by atoms with Crippen molar-refractivity contribution in [3.05, 3.63) is 69.8 Å². The first-order chi connectivity index (χ1) is 10.1. The van der Waals surface area contributed by atoms with E-state index in [1.54, 1.807) is 11.0 Å². The quantitative estimate of drug-likeness (QED) is 0.695. The van der Waals surface area contributed by atoms with Crippen LogP contribution in [-0.4, -0.2) is 11.0 Å². The molecule has 6 nitrogen and oxygen atoms in total. The molecule has 0 bridgehead atoms. The molecule has 1 heterocycles. The Hall–Kier alpha value is -2.89. The first kappa shape index (κ1) is 13.1. The molecule has 2 amide bonds. The lowest BCUT2D eigenvalue weighted by atomic mass is 10.1. The van der Waals surface area contributed by atoms with Crippen LogP contribution < -0.4 is 10.2 Å². The van der Waals surface area contributed by atoms with Crippen LogP contribution >= 0.6 is 0 Å². The van der Waals surface area contributed by atoms with Crippen molar-refractivity contribution in [2.24, 2.45) is 0 Å². The molecule has 0 aromatic heterocycles. The zero-order valence-corrected chi connectivity index (χ0v) is 11.2. The lowest BCUT2D eigenvalue weighted by Gasteiger charge is -2.29. The van der Waals surface area contributed by atoms with Gasteiger partial charge in [-0.15, -0.1) is 0 Å². The van der Waals surface area contributed by atoms with Crippen LogP contribution in [0.15, 0.2) is 48.5 Å². The third-order valence-corrected chi connectivity index (χ3v) is 3.42. The van der Waals surface area contributed by atoms with Crippen LogP contribution in [0.25, 0.3) is 0 Å². The van der Waals surface area contributed by atoms with Crippen LogP contribution in [0, 0.1) is 10.1 Å². The summed E-state index contributed by atoms with van der Waals surface area (Å²) in [4.78, 5) is 24.1. The van der Waals surface area contributed by atoms with E-state index >= 15 is 0 Å². The smallest absolute Gasteiger partial charge is 0.322 e. The van der Waals surface area contributed by atoms with E-state index in [0.717, 1.165) is 11.1 Å². The van der Waals surface area contributed by atoms with Gasteiger partial charge in [-0.2, -0.15) is 0 Å². The highest BCUT2D eigenvalue weighted by Gasteiger charge is 2.25. The van der Waals surface area contributed by atoms with Crippen LogP contribution in [0.4, 0.5) is 16.2 Å². The molecule has 6 heteroatoms. The first-order valence-corrected chi connectivity index (χ1v) is 6.52. The first-order valence-electron chi connectivity index (χ1n) is 6.52. The molecule has 0 saturated heterocycles. The minimum atomic E-state index is -0.432. The standard InChI is InChI=1S/C15H13N3O3/c19-15-16-9-12-8-13(18(20)21)6-7-14(12)17(15)10-11-4-2-1-3-5-11/h1-8H,9-10H2,(H,16,19). The molecule has 1 aliphatic heterocycles. The summed E-state index contributed by atoms with van der Waals surface area (Å²) in [5.74, 6) is 0. The number of benzene rings is 2. The van der Waals surface area contributed by atoms with Gasteiger partial charge in [0.05, 0.1) is 17.2 Å². The Kier molecular flexibility index (Phi) is 3.27. The predicted molar refractivity (Wildman–Crippen MR) is 78.0 cm³/mol. The lowest BCUT2D eigenvalue weighted by Crippen LogP contribution is -2.43. The van der Waals surface area contributed by atoms with Crippen LogP contribution in [0.5, 0.6) is 0 Å². The van der Waals surface area contributed by atoms with E-state index in [1.807, 2.05) is 30.3 Å². The summed E-state index contributed by atoms with van der Waals surface area (Å²) in [5.41, 5.74) is 2.50. The Labute approximate surface area is 121 Å². The monoisotopic (exact) mass is 283 g/mol. The molecule has 0 unspecified atom stereocenters. The van der Waals surface area contributed by atoms with Crippen molar-refractivity contribution in [2.45, 2.75) is 13.1 Å². The Morgan fingerprint density at radius 2 is 1.95 bits per heavy atom. The average Bonchev–Trinajstić information content (AvgIpc) is 2.50. The number of anilines is 1. The summed E-state index contributed by atoms with van der Waals surface area (Å²) in [6, 6.07) is 14.0. The maximum Gasteiger partial charge on any atom is 0.322 e. The number of nitro groups is 1. The van der Waals surface area contributed by atoms with Gasteiger partial charge in [-0.05, 0) is 11.6 Å². The van der Waals surface area contributed by atoms with Gasteiger partial charge in [0.1, 0.15) is 0 Å². The average molecular weight is 283 g/mol. The van der Waals surface area contributed by atoms with Crippen LogP contribution in [0.3, 0.4) is 0 Å². The summed E-state index contributed by atoms with van der Waals surface area (Å²) in [6.45, 7) is 0.735. The van der Waals surface area contributed by atoms with Gasteiger partial charge < -0.3 is 5.32 Å². The zero-order valence-electron chi connectivity index (χ0n) is 11.2. The van der Waals surface area contributed by atoms with Crippen molar-refractivity contribution >= 4 is 17.4 Å². The molecule has 0 atom stereocenters. The van der Waals surface area contributed by atoms with Gasteiger partial charge in [-0.25, -0.2) is 4.79 Å². The highest BCUT2D eigenvalue weighted by Crippen LogP contribution is 2.29. The molecule has 0 fully saturated rings. The molecule has 2 aromatic rings.